The lowest BCUT2D eigenvalue weighted by molar-refractivity contribution is 0.415. The maximum Gasteiger partial charge on any atom is 0.258 e. The molecule has 3 rings (SSSR count). The fourth-order valence-corrected chi connectivity index (χ4v) is 3.13. The van der Waals surface area contributed by atoms with Gasteiger partial charge in [0.2, 0.25) is 0 Å². The number of ether oxygens (including phenoxy) is 1. The number of aromatic amines is 1. The van der Waals surface area contributed by atoms with Gasteiger partial charge in [-0.25, -0.2) is 4.98 Å². The van der Waals surface area contributed by atoms with E-state index in [1.165, 1.54) is 0 Å². The number of hydrogen-bond acceptors (Lipinski definition) is 4. The minimum absolute atomic E-state index is 0.200. The normalized spacial score (nSPS) is 10.6. The highest BCUT2D eigenvalue weighted by Crippen LogP contribution is 2.18. The van der Waals surface area contributed by atoms with Crippen molar-refractivity contribution in [3.05, 3.63) is 63.7 Å². The fraction of sp³-hybridized carbons (Fsp3) is 0.211. The summed E-state index contributed by atoms with van der Waals surface area (Å²) in [5, 5.41) is 4.75. The Bertz CT molecular complexity index is 1040. The highest BCUT2D eigenvalue weighted by atomic mass is 35.5. The quantitative estimate of drug-likeness (QED) is 0.632. The third-order valence-corrected chi connectivity index (χ3v) is 4.64. The molecule has 0 bridgehead atoms. The zero-order valence-electron chi connectivity index (χ0n) is 15.0. The zero-order chi connectivity index (χ0) is 19.4. The van der Waals surface area contributed by atoms with Crippen LogP contribution in [0.3, 0.4) is 0 Å². The molecule has 1 aromatic heterocycles. The van der Waals surface area contributed by atoms with Gasteiger partial charge in [0.25, 0.3) is 5.56 Å². The van der Waals surface area contributed by atoms with Crippen LogP contribution in [0.2, 0.25) is 5.02 Å². The number of hydrogen-bond donors (Lipinski definition) is 2. The van der Waals surface area contributed by atoms with Gasteiger partial charge in [0, 0.05) is 23.3 Å². The highest BCUT2D eigenvalue weighted by molar-refractivity contribution is 7.80. The van der Waals surface area contributed by atoms with Gasteiger partial charge < -0.3 is 19.9 Å². The second-order valence-corrected chi connectivity index (χ2v) is 6.67. The van der Waals surface area contributed by atoms with Crippen molar-refractivity contribution in [1.29, 1.82) is 0 Å². The summed E-state index contributed by atoms with van der Waals surface area (Å²) < 4.78 is 5.23. The van der Waals surface area contributed by atoms with Gasteiger partial charge >= 0.3 is 0 Å². The number of rotatable bonds is 5. The Balaban J connectivity index is 1.80. The van der Waals surface area contributed by atoms with Crippen LogP contribution in [0.5, 0.6) is 5.75 Å². The highest BCUT2D eigenvalue weighted by Gasteiger charge is 2.12. The summed E-state index contributed by atoms with van der Waals surface area (Å²) in [7, 11) is 1.61. The monoisotopic (exact) mass is 402 g/mol. The molecule has 0 aliphatic carbocycles. The van der Waals surface area contributed by atoms with E-state index in [1.807, 2.05) is 36.1 Å². The molecule has 3 aromatic rings. The van der Waals surface area contributed by atoms with Crippen LogP contribution >= 0.6 is 23.8 Å². The van der Waals surface area contributed by atoms with Crippen molar-refractivity contribution in [2.75, 3.05) is 19.0 Å². The first-order valence-electron chi connectivity index (χ1n) is 8.38. The molecule has 0 aliphatic rings. The first-order chi connectivity index (χ1) is 13.0. The molecule has 0 saturated carbocycles. The smallest absolute Gasteiger partial charge is 0.258 e. The molecule has 27 heavy (non-hydrogen) atoms. The average molecular weight is 403 g/mol. The molecule has 0 saturated heterocycles. The number of halogens is 1. The average Bonchev–Trinajstić information content (AvgIpc) is 2.65. The standard InChI is InChI=1S/C19H19ClN4O2S/c1-3-24(19(27)21-13-5-4-6-14(10-13)26-2)11-17-22-16-9-12(20)7-8-15(16)18(25)23-17/h4-10H,3,11H2,1-2H3,(H,21,27)(H,22,23,25). The zero-order valence-corrected chi connectivity index (χ0v) is 16.5. The first-order valence-corrected chi connectivity index (χ1v) is 9.17. The summed E-state index contributed by atoms with van der Waals surface area (Å²) >= 11 is 11.5. The van der Waals surface area contributed by atoms with Crippen LogP contribution in [-0.2, 0) is 6.54 Å². The van der Waals surface area contributed by atoms with E-state index in [2.05, 4.69) is 15.3 Å². The maximum atomic E-state index is 12.3. The van der Waals surface area contributed by atoms with Crippen molar-refractivity contribution < 1.29 is 4.74 Å². The Morgan fingerprint density at radius 2 is 2.15 bits per heavy atom. The molecule has 1 heterocycles. The summed E-state index contributed by atoms with van der Waals surface area (Å²) in [5.41, 5.74) is 1.18. The van der Waals surface area contributed by atoms with Crippen LogP contribution in [0.15, 0.2) is 47.3 Å². The van der Waals surface area contributed by atoms with E-state index >= 15 is 0 Å². The van der Waals surface area contributed by atoms with E-state index in [9.17, 15) is 4.79 Å². The van der Waals surface area contributed by atoms with E-state index in [0.29, 0.717) is 40.0 Å². The number of nitrogens with zero attached hydrogens (tertiary/aromatic N) is 2. The van der Waals surface area contributed by atoms with Crippen LogP contribution in [0, 0.1) is 0 Å². The Labute approximate surface area is 167 Å². The predicted octanol–water partition coefficient (Wildman–Crippen LogP) is 3.80. The van der Waals surface area contributed by atoms with Gasteiger partial charge in [-0.15, -0.1) is 0 Å². The van der Waals surface area contributed by atoms with E-state index in [0.717, 1.165) is 11.4 Å². The summed E-state index contributed by atoms with van der Waals surface area (Å²) in [5.74, 6) is 1.26. The minimum atomic E-state index is -0.200. The minimum Gasteiger partial charge on any atom is -0.497 e. The van der Waals surface area contributed by atoms with Crippen molar-refractivity contribution in [1.82, 2.24) is 14.9 Å². The van der Waals surface area contributed by atoms with Gasteiger partial charge in [0.15, 0.2) is 5.11 Å². The van der Waals surface area contributed by atoms with Crippen molar-refractivity contribution >= 4 is 45.5 Å². The lowest BCUT2D eigenvalue weighted by Crippen LogP contribution is -2.35. The topological polar surface area (TPSA) is 70.2 Å². The van der Waals surface area contributed by atoms with Crippen molar-refractivity contribution in [3.63, 3.8) is 0 Å². The van der Waals surface area contributed by atoms with Gasteiger partial charge in [-0.05, 0) is 49.5 Å². The molecular formula is C19H19ClN4O2S. The molecular weight excluding hydrogens is 384 g/mol. The van der Waals surface area contributed by atoms with E-state index in [1.54, 1.807) is 25.3 Å². The lowest BCUT2D eigenvalue weighted by atomic mass is 10.2. The van der Waals surface area contributed by atoms with Gasteiger partial charge in [0.05, 0.1) is 24.6 Å². The number of anilines is 1. The number of fused-ring (bicyclic) bond motifs is 1. The first kappa shape index (κ1) is 19.1. The van der Waals surface area contributed by atoms with Gasteiger partial charge in [0.1, 0.15) is 11.6 Å². The Morgan fingerprint density at radius 1 is 1.33 bits per heavy atom. The van der Waals surface area contributed by atoms with Crippen LogP contribution in [0.25, 0.3) is 10.9 Å². The number of benzene rings is 2. The molecule has 0 atom stereocenters. The number of nitrogens with one attached hydrogen (secondary N) is 2. The van der Waals surface area contributed by atoms with E-state index in [4.69, 9.17) is 28.6 Å². The van der Waals surface area contributed by atoms with Gasteiger partial charge in [-0.2, -0.15) is 0 Å². The van der Waals surface area contributed by atoms with Crippen molar-refractivity contribution in [3.8, 4) is 5.75 Å². The van der Waals surface area contributed by atoms with Gasteiger partial charge in [-0.3, -0.25) is 4.79 Å². The van der Waals surface area contributed by atoms with Gasteiger partial charge in [-0.1, -0.05) is 17.7 Å². The summed E-state index contributed by atoms with van der Waals surface area (Å²) in [6.07, 6.45) is 0. The predicted molar refractivity (Wildman–Crippen MR) is 113 cm³/mol. The molecule has 140 valence electrons. The third-order valence-electron chi connectivity index (χ3n) is 4.05. The van der Waals surface area contributed by atoms with Crippen LogP contribution in [0.1, 0.15) is 12.7 Å². The number of aromatic nitrogens is 2. The van der Waals surface area contributed by atoms with Crippen LogP contribution in [0.4, 0.5) is 5.69 Å². The molecule has 0 amide bonds. The van der Waals surface area contributed by atoms with Crippen molar-refractivity contribution in [2.24, 2.45) is 0 Å². The number of thiocarbonyl (C=S) groups is 1. The largest absolute Gasteiger partial charge is 0.497 e. The Kier molecular flexibility index (Phi) is 5.93. The molecule has 2 N–H and O–H groups in total. The fourth-order valence-electron chi connectivity index (χ4n) is 2.65. The molecule has 6 nitrogen and oxygen atoms in total. The maximum absolute atomic E-state index is 12.3. The molecule has 8 heteroatoms. The second kappa shape index (κ2) is 8.37. The summed E-state index contributed by atoms with van der Waals surface area (Å²) in [6, 6.07) is 12.5. The Hall–Kier alpha value is -2.64. The van der Waals surface area contributed by atoms with Crippen LogP contribution in [-0.4, -0.2) is 33.6 Å². The van der Waals surface area contributed by atoms with Crippen LogP contribution < -0.4 is 15.6 Å². The molecule has 0 aliphatic heterocycles. The second-order valence-electron chi connectivity index (χ2n) is 5.85. The lowest BCUT2D eigenvalue weighted by Gasteiger charge is -2.24. The molecule has 0 unspecified atom stereocenters. The Morgan fingerprint density at radius 3 is 2.89 bits per heavy atom. The molecule has 2 aromatic carbocycles. The molecule has 0 radical (unpaired) electrons. The number of methoxy groups -OCH3 is 1. The summed E-state index contributed by atoms with van der Waals surface area (Å²) in [4.78, 5) is 21.5. The van der Waals surface area contributed by atoms with E-state index < -0.39 is 0 Å². The third kappa shape index (κ3) is 4.56. The van der Waals surface area contributed by atoms with Crippen molar-refractivity contribution in [2.45, 2.75) is 13.5 Å². The molecule has 0 spiro atoms. The molecule has 0 fully saturated rings. The summed E-state index contributed by atoms with van der Waals surface area (Å²) in [6.45, 7) is 2.99. The SMILES string of the molecule is CCN(Cc1nc2cc(Cl)ccc2c(=O)[nH]1)C(=S)Nc1cccc(OC)c1. The van der Waals surface area contributed by atoms with E-state index in [-0.39, 0.29) is 5.56 Å². The number of H-pyrrole nitrogens is 1.